The van der Waals surface area contributed by atoms with Crippen LogP contribution in [0.4, 0.5) is 4.39 Å². The summed E-state index contributed by atoms with van der Waals surface area (Å²) in [4.78, 5) is -0.128. The fraction of sp³-hybridized carbons (Fsp3) is 0.286. The van der Waals surface area contributed by atoms with Gasteiger partial charge in [0.15, 0.2) is 0 Å². The van der Waals surface area contributed by atoms with Gasteiger partial charge in [-0.2, -0.15) is 11.3 Å². The lowest BCUT2D eigenvalue weighted by atomic mass is 10.1. The first kappa shape index (κ1) is 16.1. The fourth-order valence-corrected chi connectivity index (χ4v) is 3.96. The molecule has 0 aliphatic heterocycles. The van der Waals surface area contributed by atoms with E-state index in [0.717, 1.165) is 11.6 Å². The molecule has 1 aromatic carbocycles. The number of hydrogen-bond acceptors (Lipinski definition) is 4. The Morgan fingerprint density at radius 1 is 1.33 bits per heavy atom. The maximum Gasteiger partial charge on any atom is 0.240 e. The maximum atomic E-state index is 13.7. The number of sulfonamides is 1. The molecule has 0 saturated carbocycles. The third-order valence-corrected chi connectivity index (χ3v) is 5.43. The minimum Gasteiger partial charge on any atom is -0.392 e. The molecular weight excluding hydrogens is 313 g/mol. The molecule has 0 radical (unpaired) electrons. The number of halogens is 1. The summed E-state index contributed by atoms with van der Waals surface area (Å²) in [5.41, 5.74) is 1.33. The fourth-order valence-electron chi connectivity index (χ4n) is 1.92. The Balaban J connectivity index is 2.17. The Morgan fingerprint density at radius 2 is 2.10 bits per heavy atom. The molecule has 114 valence electrons. The molecule has 0 fully saturated rings. The maximum absolute atomic E-state index is 13.7. The summed E-state index contributed by atoms with van der Waals surface area (Å²) in [5, 5.41) is 12.9. The highest BCUT2D eigenvalue weighted by atomic mass is 32.2. The summed E-state index contributed by atoms with van der Waals surface area (Å²) in [6.45, 7) is 1.24. The summed E-state index contributed by atoms with van der Waals surface area (Å²) < 4.78 is 40.7. The van der Waals surface area contributed by atoms with Crippen LogP contribution in [0, 0.1) is 12.7 Å². The van der Waals surface area contributed by atoms with E-state index < -0.39 is 22.4 Å². The Kier molecular flexibility index (Phi) is 5.10. The second-order valence-corrected chi connectivity index (χ2v) is 7.15. The van der Waals surface area contributed by atoms with Crippen LogP contribution in [0.25, 0.3) is 0 Å². The summed E-state index contributed by atoms with van der Waals surface area (Å²) in [6, 6.07) is 4.36. The molecule has 2 aromatic rings. The minimum absolute atomic E-state index is 0.0511. The standard InChI is InChI=1S/C14H16FNO3S2/c1-10-13(15)6-12(8-17)7-14(10)21(18,19)16-4-2-11-3-5-20-9-11/h3,5-7,9,16-17H,2,4,8H2,1H3. The van der Waals surface area contributed by atoms with E-state index in [4.69, 9.17) is 5.11 Å². The molecule has 0 unspecified atom stereocenters. The van der Waals surface area contributed by atoms with E-state index in [2.05, 4.69) is 4.72 Å². The van der Waals surface area contributed by atoms with Crippen LogP contribution in [-0.2, 0) is 23.1 Å². The lowest BCUT2D eigenvalue weighted by molar-refractivity contribution is 0.281. The van der Waals surface area contributed by atoms with Crippen molar-refractivity contribution in [3.8, 4) is 0 Å². The second-order valence-electron chi connectivity index (χ2n) is 4.64. The lowest BCUT2D eigenvalue weighted by Gasteiger charge is -2.11. The van der Waals surface area contributed by atoms with E-state index >= 15 is 0 Å². The molecule has 1 aromatic heterocycles. The van der Waals surface area contributed by atoms with Crippen molar-refractivity contribution in [1.29, 1.82) is 0 Å². The smallest absolute Gasteiger partial charge is 0.240 e. The number of nitrogens with one attached hydrogen (secondary N) is 1. The first-order valence-corrected chi connectivity index (χ1v) is 8.77. The molecule has 0 bridgehead atoms. The Labute approximate surface area is 127 Å². The van der Waals surface area contributed by atoms with Gasteiger partial charge < -0.3 is 5.11 Å². The first-order valence-electron chi connectivity index (χ1n) is 6.34. The monoisotopic (exact) mass is 329 g/mol. The minimum atomic E-state index is -3.80. The van der Waals surface area contributed by atoms with Gasteiger partial charge in [0, 0.05) is 12.1 Å². The van der Waals surface area contributed by atoms with E-state index in [-0.39, 0.29) is 22.6 Å². The van der Waals surface area contributed by atoms with Gasteiger partial charge in [-0.15, -0.1) is 0 Å². The van der Waals surface area contributed by atoms with Gasteiger partial charge in [0.2, 0.25) is 10.0 Å². The van der Waals surface area contributed by atoms with Crippen LogP contribution in [0.2, 0.25) is 0 Å². The van der Waals surface area contributed by atoms with E-state index in [1.54, 1.807) is 11.3 Å². The SMILES string of the molecule is Cc1c(F)cc(CO)cc1S(=O)(=O)NCCc1ccsc1. The number of rotatable bonds is 6. The highest BCUT2D eigenvalue weighted by Crippen LogP contribution is 2.20. The first-order chi connectivity index (χ1) is 9.94. The number of benzene rings is 1. The zero-order valence-corrected chi connectivity index (χ0v) is 13.1. The van der Waals surface area contributed by atoms with Crippen LogP contribution in [0.15, 0.2) is 33.9 Å². The van der Waals surface area contributed by atoms with Crippen LogP contribution in [-0.4, -0.2) is 20.1 Å². The van der Waals surface area contributed by atoms with Crippen molar-refractivity contribution < 1.29 is 17.9 Å². The molecule has 21 heavy (non-hydrogen) atoms. The van der Waals surface area contributed by atoms with Gasteiger partial charge in [-0.05, 0) is 53.4 Å². The van der Waals surface area contributed by atoms with E-state index in [1.807, 2.05) is 16.8 Å². The van der Waals surface area contributed by atoms with Crippen molar-refractivity contribution in [2.75, 3.05) is 6.54 Å². The van der Waals surface area contributed by atoms with Crippen LogP contribution >= 0.6 is 11.3 Å². The summed E-state index contributed by atoms with van der Waals surface area (Å²) in [5.74, 6) is -0.639. The Hall–Kier alpha value is -1.28. The molecule has 0 spiro atoms. The summed E-state index contributed by atoms with van der Waals surface area (Å²) in [6.07, 6.45) is 0.573. The van der Waals surface area contributed by atoms with Gasteiger partial charge in [-0.1, -0.05) is 0 Å². The number of aliphatic hydroxyl groups excluding tert-OH is 1. The predicted octanol–water partition coefficient (Wildman–Crippen LogP) is 2.21. The Morgan fingerprint density at radius 3 is 2.71 bits per heavy atom. The Bertz CT molecular complexity index is 712. The van der Waals surface area contributed by atoms with Gasteiger partial charge in [0.25, 0.3) is 0 Å². The van der Waals surface area contributed by atoms with E-state index in [9.17, 15) is 12.8 Å². The number of hydrogen-bond donors (Lipinski definition) is 2. The largest absolute Gasteiger partial charge is 0.392 e. The third-order valence-electron chi connectivity index (χ3n) is 3.11. The van der Waals surface area contributed by atoms with Gasteiger partial charge in [-0.3, -0.25) is 0 Å². The molecule has 0 saturated heterocycles. The van der Waals surface area contributed by atoms with E-state index in [1.165, 1.54) is 13.0 Å². The lowest BCUT2D eigenvalue weighted by Crippen LogP contribution is -2.27. The molecule has 0 aliphatic carbocycles. The molecule has 1 heterocycles. The normalized spacial score (nSPS) is 11.8. The molecule has 2 rings (SSSR count). The molecule has 2 N–H and O–H groups in total. The number of aliphatic hydroxyl groups is 1. The van der Waals surface area contributed by atoms with Crippen molar-refractivity contribution in [2.24, 2.45) is 0 Å². The van der Waals surface area contributed by atoms with Crippen molar-refractivity contribution in [3.05, 3.63) is 51.5 Å². The van der Waals surface area contributed by atoms with Crippen LogP contribution in [0.1, 0.15) is 16.7 Å². The third kappa shape index (κ3) is 3.88. The van der Waals surface area contributed by atoms with Crippen LogP contribution in [0.5, 0.6) is 0 Å². The number of thiophene rings is 1. The molecule has 0 atom stereocenters. The quantitative estimate of drug-likeness (QED) is 0.854. The van der Waals surface area contributed by atoms with Crippen molar-refractivity contribution in [1.82, 2.24) is 4.72 Å². The molecule has 7 heteroatoms. The zero-order valence-electron chi connectivity index (χ0n) is 11.5. The zero-order chi connectivity index (χ0) is 15.5. The van der Waals surface area contributed by atoms with Gasteiger partial charge in [0.05, 0.1) is 11.5 Å². The average molecular weight is 329 g/mol. The van der Waals surface area contributed by atoms with E-state index in [0.29, 0.717) is 6.42 Å². The summed E-state index contributed by atoms with van der Waals surface area (Å²) in [7, 11) is -3.80. The van der Waals surface area contributed by atoms with Crippen LogP contribution in [0.3, 0.4) is 0 Å². The molecular formula is C14H16FNO3S2. The van der Waals surface area contributed by atoms with Gasteiger partial charge in [-0.25, -0.2) is 17.5 Å². The highest BCUT2D eigenvalue weighted by molar-refractivity contribution is 7.89. The second kappa shape index (κ2) is 6.65. The molecule has 4 nitrogen and oxygen atoms in total. The molecule has 0 aliphatic rings. The van der Waals surface area contributed by atoms with Crippen LogP contribution < -0.4 is 4.72 Å². The van der Waals surface area contributed by atoms with Gasteiger partial charge in [0.1, 0.15) is 5.82 Å². The van der Waals surface area contributed by atoms with Crippen molar-refractivity contribution in [3.63, 3.8) is 0 Å². The molecule has 0 amide bonds. The van der Waals surface area contributed by atoms with Gasteiger partial charge >= 0.3 is 0 Å². The van der Waals surface area contributed by atoms with Crippen molar-refractivity contribution >= 4 is 21.4 Å². The summed E-state index contributed by atoms with van der Waals surface area (Å²) >= 11 is 1.55. The predicted molar refractivity (Wildman–Crippen MR) is 80.3 cm³/mol. The average Bonchev–Trinajstić information content (AvgIpc) is 2.94. The topological polar surface area (TPSA) is 66.4 Å². The van der Waals surface area contributed by atoms with Crippen molar-refractivity contribution in [2.45, 2.75) is 24.8 Å². The highest BCUT2D eigenvalue weighted by Gasteiger charge is 2.19.